The van der Waals surface area contributed by atoms with Crippen LogP contribution in [0.25, 0.3) is 0 Å². The van der Waals surface area contributed by atoms with E-state index >= 15 is 0 Å². The lowest BCUT2D eigenvalue weighted by atomic mass is 9.94. The molecule has 0 saturated carbocycles. The topological polar surface area (TPSA) is 139 Å². The van der Waals surface area contributed by atoms with Gasteiger partial charge in [0.15, 0.2) is 0 Å². The molecule has 8 nitrogen and oxygen atoms in total. The minimum atomic E-state index is -0.968. The molecule has 0 spiro atoms. The minimum Gasteiger partial charge on any atom is -0.508 e. The van der Waals surface area contributed by atoms with E-state index < -0.39 is 35.8 Å². The van der Waals surface area contributed by atoms with Crippen LogP contribution in [0, 0.1) is 5.92 Å². The van der Waals surface area contributed by atoms with Crippen molar-refractivity contribution in [3.05, 3.63) is 65.7 Å². The molecule has 0 aliphatic rings. The highest BCUT2D eigenvalue weighted by molar-refractivity contribution is 5.93. The summed E-state index contributed by atoms with van der Waals surface area (Å²) in [6, 6.07) is 13.2. The summed E-state index contributed by atoms with van der Waals surface area (Å²) in [5, 5.41) is 12.5. The Bertz CT molecular complexity index is 981. The van der Waals surface area contributed by atoms with Gasteiger partial charge in [-0.15, -0.1) is 0 Å². The molecule has 0 radical (unpaired) electrons. The van der Waals surface area contributed by atoms with E-state index in [-0.39, 0.29) is 24.6 Å². The third-order valence-corrected chi connectivity index (χ3v) is 6.49. The zero-order valence-corrected chi connectivity index (χ0v) is 21.5. The van der Waals surface area contributed by atoms with E-state index in [1.807, 2.05) is 51.1 Å². The quantitative estimate of drug-likeness (QED) is 0.319. The van der Waals surface area contributed by atoms with Crippen LogP contribution in [0.4, 0.5) is 0 Å². The summed E-state index contributed by atoms with van der Waals surface area (Å²) in [6.45, 7) is 6.01. The molecular weight excluding hydrogens is 456 g/mol. The number of carbonyl (C=O) groups excluding carboxylic acids is 3. The summed E-state index contributed by atoms with van der Waals surface area (Å²) >= 11 is 0. The zero-order valence-electron chi connectivity index (χ0n) is 21.5. The Morgan fingerprint density at radius 2 is 1.64 bits per heavy atom. The van der Waals surface area contributed by atoms with Gasteiger partial charge in [-0.05, 0) is 35.6 Å². The molecule has 2 aromatic carbocycles. The number of hydrogen-bond donors (Lipinski definition) is 4. The fourth-order valence-corrected chi connectivity index (χ4v) is 4.16. The van der Waals surface area contributed by atoms with Crippen LogP contribution < -0.4 is 16.8 Å². The van der Waals surface area contributed by atoms with Gasteiger partial charge >= 0.3 is 0 Å². The van der Waals surface area contributed by atoms with Crippen LogP contribution in [0.1, 0.15) is 57.6 Å². The molecule has 3 amide bonds. The van der Waals surface area contributed by atoms with Crippen LogP contribution >= 0.6 is 0 Å². The van der Waals surface area contributed by atoms with Crippen molar-refractivity contribution in [1.82, 2.24) is 10.2 Å². The Labute approximate surface area is 214 Å². The van der Waals surface area contributed by atoms with Gasteiger partial charge in [0.1, 0.15) is 17.8 Å². The first kappa shape index (κ1) is 28.8. The number of benzene rings is 2. The van der Waals surface area contributed by atoms with E-state index in [0.717, 1.165) is 24.0 Å². The van der Waals surface area contributed by atoms with Crippen molar-refractivity contribution in [2.45, 2.75) is 77.5 Å². The predicted octanol–water partition coefficient (Wildman–Crippen LogP) is 2.87. The number of nitrogens with one attached hydrogen (secondary N) is 1. The number of hydrogen-bond acceptors (Lipinski definition) is 5. The molecule has 0 bridgehead atoms. The molecule has 8 heteroatoms. The highest BCUT2D eigenvalue weighted by Gasteiger charge is 2.36. The maximum absolute atomic E-state index is 14.1. The van der Waals surface area contributed by atoms with Crippen molar-refractivity contribution in [3.63, 3.8) is 0 Å². The fraction of sp³-hybridized carbons (Fsp3) is 0.464. The van der Waals surface area contributed by atoms with Crippen molar-refractivity contribution >= 4 is 17.7 Å². The molecular formula is C28H40N4O4. The number of aromatic hydroxyl groups is 1. The van der Waals surface area contributed by atoms with Gasteiger partial charge in [-0.1, -0.05) is 82.5 Å². The number of nitrogens with zero attached hydrogens (tertiary/aromatic N) is 1. The average molecular weight is 497 g/mol. The summed E-state index contributed by atoms with van der Waals surface area (Å²) in [4.78, 5) is 41.1. The van der Waals surface area contributed by atoms with Crippen LogP contribution in [0.2, 0.25) is 0 Å². The van der Waals surface area contributed by atoms with Gasteiger partial charge in [0.25, 0.3) is 0 Å². The lowest BCUT2D eigenvalue weighted by molar-refractivity contribution is -0.145. The number of amides is 3. The summed E-state index contributed by atoms with van der Waals surface area (Å²) in [5.41, 5.74) is 13.5. The first-order chi connectivity index (χ1) is 17.2. The summed E-state index contributed by atoms with van der Waals surface area (Å²) < 4.78 is 0. The number of primary amides is 1. The molecule has 4 atom stereocenters. The highest BCUT2D eigenvalue weighted by atomic mass is 16.3. The maximum Gasteiger partial charge on any atom is 0.246 e. The van der Waals surface area contributed by atoms with E-state index in [9.17, 15) is 19.5 Å². The fourth-order valence-electron chi connectivity index (χ4n) is 4.16. The SMILES string of the molecule is CCCC[C@H](N)C(=O)N[C@@H](Cc1ccc(O)cc1)C(=O)N(Cc1ccccc1)[C@H](C(N)=O)[C@@H](C)CC. The largest absolute Gasteiger partial charge is 0.508 e. The number of phenols is 1. The van der Waals surface area contributed by atoms with Crippen molar-refractivity contribution in [1.29, 1.82) is 0 Å². The van der Waals surface area contributed by atoms with Crippen molar-refractivity contribution < 1.29 is 19.5 Å². The molecule has 2 aromatic rings. The zero-order chi connectivity index (χ0) is 26.7. The van der Waals surface area contributed by atoms with Crippen molar-refractivity contribution in [2.24, 2.45) is 17.4 Å². The molecule has 0 heterocycles. The van der Waals surface area contributed by atoms with Gasteiger partial charge in [-0.2, -0.15) is 0 Å². The Kier molecular flexibility index (Phi) is 11.4. The van der Waals surface area contributed by atoms with Crippen molar-refractivity contribution in [2.75, 3.05) is 0 Å². The average Bonchev–Trinajstić information content (AvgIpc) is 2.87. The number of nitrogens with two attached hydrogens (primary N) is 2. The summed E-state index contributed by atoms with van der Waals surface area (Å²) in [7, 11) is 0. The predicted molar refractivity (Wildman–Crippen MR) is 141 cm³/mol. The van der Waals surface area contributed by atoms with Gasteiger partial charge in [-0.3, -0.25) is 14.4 Å². The normalized spacial score (nSPS) is 14.3. The number of rotatable bonds is 14. The number of unbranched alkanes of at least 4 members (excludes halogenated alkanes) is 1. The molecule has 0 aliphatic carbocycles. The first-order valence-electron chi connectivity index (χ1n) is 12.6. The Morgan fingerprint density at radius 1 is 1.00 bits per heavy atom. The molecule has 0 saturated heterocycles. The van der Waals surface area contributed by atoms with Crippen LogP contribution in [-0.4, -0.2) is 45.9 Å². The van der Waals surface area contributed by atoms with Gasteiger partial charge in [0.2, 0.25) is 17.7 Å². The van der Waals surface area contributed by atoms with E-state index in [0.29, 0.717) is 12.8 Å². The van der Waals surface area contributed by atoms with Crippen LogP contribution in [0.5, 0.6) is 5.75 Å². The van der Waals surface area contributed by atoms with E-state index in [2.05, 4.69) is 5.32 Å². The third kappa shape index (κ3) is 8.37. The maximum atomic E-state index is 14.1. The van der Waals surface area contributed by atoms with E-state index in [1.165, 1.54) is 17.0 Å². The minimum absolute atomic E-state index is 0.100. The Hall–Kier alpha value is -3.39. The third-order valence-electron chi connectivity index (χ3n) is 6.49. The van der Waals surface area contributed by atoms with Crippen LogP contribution in [-0.2, 0) is 27.3 Å². The summed E-state index contributed by atoms with van der Waals surface area (Å²) in [6.07, 6.45) is 3.01. The number of carbonyl (C=O) groups is 3. The second kappa shape index (κ2) is 14.2. The first-order valence-corrected chi connectivity index (χ1v) is 12.6. The van der Waals surface area contributed by atoms with Gasteiger partial charge in [-0.25, -0.2) is 0 Å². The lowest BCUT2D eigenvalue weighted by Gasteiger charge is -2.36. The Balaban J connectivity index is 2.45. The van der Waals surface area contributed by atoms with Crippen molar-refractivity contribution in [3.8, 4) is 5.75 Å². The second-order valence-electron chi connectivity index (χ2n) is 9.36. The standard InChI is InChI=1S/C28H40N4O4/c1-4-6-12-23(29)27(35)31-24(17-20-13-15-22(33)16-14-20)28(36)32(18-21-10-8-7-9-11-21)25(26(30)34)19(3)5-2/h7-11,13-16,19,23-25,33H,4-6,12,17-18,29H2,1-3H3,(H2,30,34)(H,31,35)/t19-,23-,24-,25-/m0/s1. The van der Waals surface area contributed by atoms with Crippen LogP contribution in [0.3, 0.4) is 0 Å². The van der Waals surface area contributed by atoms with Crippen LogP contribution in [0.15, 0.2) is 54.6 Å². The molecule has 0 unspecified atom stereocenters. The second-order valence-corrected chi connectivity index (χ2v) is 9.36. The molecule has 36 heavy (non-hydrogen) atoms. The molecule has 196 valence electrons. The molecule has 0 fully saturated rings. The smallest absolute Gasteiger partial charge is 0.246 e. The Morgan fingerprint density at radius 3 is 2.19 bits per heavy atom. The molecule has 0 aliphatic heterocycles. The lowest BCUT2D eigenvalue weighted by Crippen LogP contribution is -2.58. The molecule has 0 aromatic heterocycles. The van der Waals surface area contributed by atoms with E-state index in [4.69, 9.17) is 11.5 Å². The van der Waals surface area contributed by atoms with Gasteiger partial charge < -0.3 is 26.8 Å². The highest BCUT2D eigenvalue weighted by Crippen LogP contribution is 2.21. The van der Waals surface area contributed by atoms with Gasteiger partial charge in [0.05, 0.1) is 6.04 Å². The monoisotopic (exact) mass is 496 g/mol. The number of phenolic OH excluding ortho intramolecular Hbond substituents is 1. The van der Waals surface area contributed by atoms with E-state index in [1.54, 1.807) is 12.1 Å². The van der Waals surface area contributed by atoms with Gasteiger partial charge in [0, 0.05) is 13.0 Å². The summed E-state index contributed by atoms with van der Waals surface area (Å²) in [5.74, 6) is -1.51. The molecule has 2 rings (SSSR count). The molecule has 6 N–H and O–H groups in total.